The van der Waals surface area contributed by atoms with Crippen LogP contribution in [-0.4, -0.2) is 50.0 Å². The van der Waals surface area contributed by atoms with E-state index in [0.29, 0.717) is 29.6 Å². The summed E-state index contributed by atoms with van der Waals surface area (Å²) in [6, 6.07) is 13.2. The van der Waals surface area contributed by atoms with E-state index in [1.165, 1.54) is 0 Å². The number of tetrazole rings is 1. The van der Waals surface area contributed by atoms with Crippen molar-refractivity contribution in [3.8, 4) is 22.6 Å². The molecular weight excluding hydrogens is 446 g/mol. The molecule has 0 fully saturated rings. The Morgan fingerprint density at radius 1 is 1.09 bits per heavy atom. The summed E-state index contributed by atoms with van der Waals surface area (Å²) in [5, 5.41) is 15.0. The summed E-state index contributed by atoms with van der Waals surface area (Å²) in [5.41, 5.74) is 4.26. The molecule has 2 aromatic carbocycles. The minimum atomic E-state index is -0.611. The predicted octanol–water partition coefficient (Wildman–Crippen LogP) is 4.03. The molecular formula is C25H27N7O3. The monoisotopic (exact) mass is 473 g/mol. The first-order valence-corrected chi connectivity index (χ1v) is 11.2. The maximum Gasteiger partial charge on any atom is 0.413 e. The molecule has 1 N–H and O–H groups in total. The molecule has 2 heterocycles. The van der Waals surface area contributed by atoms with Gasteiger partial charge in [-0.25, -0.2) is 4.79 Å². The Kier molecular flexibility index (Phi) is 7.41. The smallest absolute Gasteiger partial charge is 0.410 e. The fourth-order valence-electron chi connectivity index (χ4n) is 3.61. The fourth-order valence-corrected chi connectivity index (χ4v) is 3.61. The van der Waals surface area contributed by atoms with Crippen molar-refractivity contribution in [2.45, 2.75) is 32.7 Å². The van der Waals surface area contributed by atoms with Gasteiger partial charge in [0.2, 0.25) is 0 Å². The molecule has 2 atom stereocenters. The van der Waals surface area contributed by atoms with Gasteiger partial charge in [-0.15, -0.1) is 5.10 Å². The number of aromatic nitrogens is 6. The highest BCUT2D eigenvalue weighted by Crippen LogP contribution is 2.29. The molecule has 0 aliphatic carbocycles. The van der Waals surface area contributed by atoms with Crippen LogP contribution in [0.1, 0.15) is 42.9 Å². The maximum absolute atomic E-state index is 12.7. The van der Waals surface area contributed by atoms with Gasteiger partial charge in [0.15, 0.2) is 5.82 Å². The Morgan fingerprint density at radius 2 is 1.89 bits per heavy atom. The molecule has 1 amide bonds. The third-order valence-electron chi connectivity index (χ3n) is 5.44. The highest BCUT2D eigenvalue weighted by Gasteiger charge is 2.19. The normalized spacial score (nSPS) is 12.7. The molecule has 10 nitrogen and oxygen atoms in total. The number of hydrogen-bond acceptors (Lipinski definition) is 8. The molecule has 1 unspecified atom stereocenters. The molecule has 0 bridgehead atoms. The quantitative estimate of drug-likeness (QED) is 0.408. The lowest BCUT2D eigenvalue weighted by Gasteiger charge is -2.15. The summed E-state index contributed by atoms with van der Waals surface area (Å²) in [6.07, 6.45) is 4.14. The Balaban J connectivity index is 1.66. The first kappa shape index (κ1) is 24.0. The predicted molar refractivity (Wildman–Crippen MR) is 129 cm³/mol. The van der Waals surface area contributed by atoms with Crippen molar-refractivity contribution in [1.82, 2.24) is 35.5 Å². The number of ether oxygens (including phenoxy) is 2. The van der Waals surface area contributed by atoms with Crippen LogP contribution in [0.5, 0.6) is 5.75 Å². The lowest BCUT2D eigenvalue weighted by molar-refractivity contribution is 0.181. The molecule has 0 spiro atoms. The van der Waals surface area contributed by atoms with E-state index >= 15 is 0 Å². The molecule has 0 saturated heterocycles. The number of nitrogens with zero attached hydrogens (tertiary/aromatic N) is 6. The second-order valence-corrected chi connectivity index (χ2v) is 8.27. The molecule has 0 radical (unpaired) electrons. The van der Waals surface area contributed by atoms with E-state index in [1.54, 1.807) is 36.4 Å². The van der Waals surface area contributed by atoms with Crippen LogP contribution in [0.15, 0.2) is 61.1 Å². The van der Waals surface area contributed by atoms with E-state index in [2.05, 4.69) is 30.8 Å². The summed E-state index contributed by atoms with van der Waals surface area (Å²) in [7, 11) is 1.63. The van der Waals surface area contributed by atoms with Gasteiger partial charge in [-0.1, -0.05) is 36.8 Å². The summed E-state index contributed by atoms with van der Waals surface area (Å²) < 4.78 is 12.6. The summed E-state index contributed by atoms with van der Waals surface area (Å²) in [4.78, 5) is 21.0. The van der Waals surface area contributed by atoms with Gasteiger partial charge in [0, 0.05) is 31.5 Å². The first-order valence-electron chi connectivity index (χ1n) is 11.2. The Hall–Kier alpha value is -4.18. The van der Waals surface area contributed by atoms with Crippen LogP contribution in [0.4, 0.5) is 4.79 Å². The van der Waals surface area contributed by atoms with E-state index in [-0.39, 0.29) is 12.0 Å². The molecule has 180 valence electrons. The Bertz CT molecular complexity index is 1280. The van der Waals surface area contributed by atoms with Gasteiger partial charge in [0.25, 0.3) is 0 Å². The molecule has 10 heteroatoms. The minimum Gasteiger partial charge on any atom is -0.410 e. The third kappa shape index (κ3) is 5.85. The Morgan fingerprint density at radius 3 is 2.60 bits per heavy atom. The van der Waals surface area contributed by atoms with E-state index in [0.717, 1.165) is 16.7 Å². The van der Waals surface area contributed by atoms with Gasteiger partial charge in [0.05, 0.1) is 30.2 Å². The highest BCUT2D eigenvalue weighted by atomic mass is 16.6. The minimum absolute atomic E-state index is 0.0430. The second-order valence-electron chi connectivity index (χ2n) is 8.27. The second kappa shape index (κ2) is 10.8. The molecule has 4 aromatic rings. The van der Waals surface area contributed by atoms with Crippen LogP contribution >= 0.6 is 0 Å². The zero-order valence-electron chi connectivity index (χ0n) is 20.0. The number of methoxy groups -OCH3 is 1. The van der Waals surface area contributed by atoms with E-state index in [1.807, 2.05) is 57.2 Å². The number of amides is 1. The lowest BCUT2D eigenvalue weighted by Crippen LogP contribution is -2.30. The number of benzene rings is 2. The fraction of sp³-hybridized carbons (Fsp3) is 0.280. The van der Waals surface area contributed by atoms with E-state index in [9.17, 15) is 4.79 Å². The number of carbonyl (C=O) groups is 1. The number of aryl methyl sites for hydroxylation is 1. The third-order valence-corrected chi connectivity index (χ3v) is 5.44. The molecule has 4 rings (SSSR count). The average Bonchev–Trinajstić information content (AvgIpc) is 3.35. The van der Waals surface area contributed by atoms with Crippen LogP contribution in [0, 0.1) is 6.92 Å². The van der Waals surface area contributed by atoms with Crippen LogP contribution < -0.4 is 10.1 Å². The van der Waals surface area contributed by atoms with Crippen LogP contribution in [0.25, 0.3) is 16.8 Å². The SMILES string of the molecule is COC[C@H](C)c1nnnn1-c1cc(OC(=O)NC(C)c2cnccn2)cc(-c2ccc(C)cc2)c1. The summed E-state index contributed by atoms with van der Waals surface area (Å²) in [5.74, 6) is 0.945. The maximum atomic E-state index is 12.7. The zero-order valence-corrected chi connectivity index (χ0v) is 20.0. The van der Waals surface area contributed by atoms with Crippen molar-refractivity contribution in [3.63, 3.8) is 0 Å². The Labute approximate surface area is 203 Å². The highest BCUT2D eigenvalue weighted by molar-refractivity contribution is 5.74. The van der Waals surface area contributed by atoms with Gasteiger partial charge in [-0.3, -0.25) is 9.97 Å². The van der Waals surface area contributed by atoms with Crippen molar-refractivity contribution >= 4 is 6.09 Å². The summed E-state index contributed by atoms with van der Waals surface area (Å²) >= 11 is 0. The first-order chi connectivity index (χ1) is 16.9. The van der Waals surface area contributed by atoms with Crippen molar-refractivity contribution in [2.24, 2.45) is 0 Å². The van der Waals surface area contributed by atoms with Crippen molar-refractivity contribution < 1.29 is 14.3 Å². The zero-order chi connectivity index (χ0) is 24.8. The topological polar surface area (TPSA) is 117 Å². The molecule has 0 saturated carbocycles. The average molecular weight is 474 g/mol. The van der Waals surface area contributed by atoms with Gasteiger partial charge < -0.3 is 14.8 Å². The number of nitrogens with one attached hydrogen (secondary N) is 1. The number of hydrogen-bond donors (Lipinski definition) is 1. The van der Waals surface area contributed by atoms with Gasteiger partial charge in [0.1, 0.15) is 5.75 Å². The van der Waals surface area contributed by atoms with Gasteiger partial charge >= 0.3 is 6.09 Å². The van der Waals surface area contributed by atoms with Crippen LogP contribution in [-0.2, 0) is 4.74 Å². The van der Waals surface area contributed by atoms with E-state index in [4.69, 9.17) is 9.47 Å². The van der Waals surface area contributed by atoms with Crippen LogP contribution in [0.2, 0.25) is 0 Å². The van der Waals surface area contributed by atoms with Gasteiger partial charge in [-0.2, -0.15) is 4.68 Å². The summed E-state index contributed by atoms with van der Waals surface area (Å²) in [6.45, 7) is 6.28. The standard InChI is InChI=1S/C25H27N7O3/c1-16-5-7-19(8-6-16)20-11-21(32-24(29-30-31-32)17(2)15-34-4)13-22(12-20)35-25(33)28-18(3)23-14-26-9-10-27-23/h5-14,17-18H,15H2,1-4H3,(H,28,33)/t17-,18?/m0/s1. The molecule has 2 aromatic heterocycles. The van der Waals surface area contributed by atoms with Gasteiger partial charge in [-0.05, 0) is 47.5 Å². The number of carbonyl (C=O) groups excluding carboxylic acids is 1. The lowest BCUT2D eigenvalue weighted by atomic mass is 10.0. The molecule has 0 aliphatic rings. The number of rotatable bonds is 8. The largest absolute Gasteiger partial charge is 0.413 e. The van der Waals surface area contributed by atoms with E-state index < -0.39 is 6.09 Å². The van der Waals surface area contributed by atoms with Crippen molar-refractivity contribution in [1.29, 1.82) is 0 Å². The molecule has 35 heavy (non-hydrogen) atoms. The van der Waals surface area contributed by atoms with Crippen molar-refractivity contribution in [3.05, 3.63) is 78.1 Å². The van der Waals surface area contributed by atoms with Crippen LogP contribution in [0.3, 0.4) is 0 Å². The molecule has 0 aliphatic heterocycles. The van der Waals surface area contributed by atoms with Crippen molar-refractivity contribution in [2.75, 3.05) is 13.7 Å².